The summed E-state index contributed by atoms with van der Waals surface area (Å²) in [7, 11) is 0. The van der Waals surface area contributed by atoms with Crippen LogP contribution in [0.1, 0.15) is 12.0 Å². The van der Waals surface area contributed by atoms with Crippen LogP contribution in [-0.2, 0) is 15.3 Å². The van der Waals surface area contributed by atoms with Crippen LogP contribution in [0.3, 0.4) is 0 Å². The minimum Gasteiger partial charge on any atom is -0.274 e. The van der Waals surface area contributed by atoms with Gasteiger partial charge in [-0.25, -0.2) is 9.88 Å². The number of thiazole rings is 1. The number of hydrogen-bond donors (Lipinski definition) is 0. The number of anilines is 1. The van der Waals surface area contributed by atoms with Gasteiger partial charge >= 0.3 is 0 Å². The third-order valence-electron chi connectivity index (χ3n) is 7.31. The van der Waals surface area contributed by atoms with Crippen molar-refractivity contribution >= 4 is 61.6 Å². The van der Waals surface area contributed by atoms with Gasteiger partial charge in [-0.15, -0.1) is 11.3 Å². The second kappa shape index (κ2) is 7.27. The van der Waals surface area contributed by atoms with E-state index >= 15 is 0 Å². The number of carbonyl (C=O) groups is 2. The number of amides is 2. The summed E-state index contributed by atoms with van der Waals surface area (Å²) in [5.41, 5.74) is 2.88. The Morgan fingerprint density at radius 1 is 0.939 bits per heavy atom. The summed E-state index contributed by atoms with van der Waals surface area (Å²) in [5, 5.41) is 2.52. The molecule has 0 spiro atoms. The molecule has 2 heterocycles. The van der Waals surface area contributed by atoms with Gasteiger partial charge in [0.1, 0.15) is 0 Å². The maximum atomic E-state index is 13.2. The molecule has 2 aliphatic carbocycles. The molecule has 4 aromatic rings. The molecule has 0 N–H and O–H groups in total. The molecule has 0 unspecified atom stereocenters. The highest BCUT2D eigenvalue weighted by molar-refractivity contribution is 8.00. The van der Waals surface area contributed by atoms with Gasteiger partial charge < -0.3 is 0 Å². The van der Waals surface area contributed by atoms with Crippen LogP contribution in [0.5, 0.6) is 0 Å². The van der Waals surface area contributed by atoms with E-state index in [4.69, 9.17) is 4.98 Å². The van der Waals surface area contributed by atoms with E-state index in [0.717, 1.165) is 26.7 Å². The van der Waals surface area contributed by atoms with Crippen LogP contribution in [-0.4, -0.2) is 16.8 Å². The molecule has 1 saturated heterocycles. The molecular formula is C27H20N2O2S2. The largest absolute Gasteiger partial charge is 0.274 e. The van der Waals surface area contributed by atoms with Crippen molar-refractivity contribution in [3.63, 3.8) is 0 Å². The third kappa shape index (κ3) is 2.94. The lowest BCUT2D eigenvalue weighted by atomic mass is 9.85. The van der Waals surface area contributed by atoms with Crippen molar-refractivity contribution in [1.29, 1.82) is 0 Å². The predicted octanol–water partition coefficient (Wildman–Crippen LogP) is 6.05. The molecular weight excluding hydrogens is 448 g/mol. The lowest BCUT2D eigenvalue weighted by molar-refractivity contribution is -0.123. The molecule has 1 aliphatic heterocycles. The van der Waals surface area contributed by atoms with E-state index in [1.54, 1.807) is 23.1 Å². The smallest absolute Gasteiger partial charge is 0.238 e. The van der Waals surface area contributed by atoms with E-state index in [2.05, 4.69) is 54.6 Å². The summed E-state index contributed by atoms with van der Waals surface area (Å²) in [6.07, 6.45) is 5.21. The van der Waals surface area contributed by atoms with E-state index in [9.17, 15) is 9.59 Å². The lowest BCUT2D eigenvalue weighted by Crippen LogP contribution is -2.32. The molecule has 1 saturated carbocycles. The molecule has 2 amide bonds. The fourth-order valence-corrected chi connectivity index (χ4v) is 7.91. The maximum Gasteiger partial charge on any atom is 0.238 e. The van der Waals surface area contributed by atoms with Gasteiger partial charge in [-0.2, -0.15) is 0 Å². The number of allylic oxidation sites excluding steroid dienone is 2. The molecule has 3 aliphatic rings. The minimum absolute atomic E-state index is 0.0312. The summed E-state index contributed by atoms with van der Waals surface area (Å²) >= 11 is 3.35. The Balaban J connectivity index is 1.16. The Morgan fingerprint density at radius 3 is 2.52 bits per heavy atom. The summed E-state index contributed by atoms with van der Waals surface area (Å²) < 4.78 is 2.00. The van der Waals surface area contributed by atoms with Gasteiger partial charge in [0.05, 0.1) is 27.7 Å². The molecule has 4 atom stereocenters. The Morgan fingerprint density at radius 2 is 1.70 bits per heavy atom. The lowest BCUT2D eigenvalue weighted by Gasteiger charge is -2.17. The van der Waals surface area contributed by atoms with Crippen molar-refractivity contribution in [1.82, 2.24) is 4.98 Å². The number of nitrogens with zero attached hydrogens (tertiary/aromatic N) is 2. The van der Waals surface area contributed by atoms with Gasteiger partial charge in [-0.3, -0.25) is 9.59 Å². The Hall–Kier alpha value is -2.96. The fourth-order valence-electron chi connectivity index (χ4n) is 5.81. The Kier molecular flexibility index (Phi) is 4.30. The van der Waals surface area contributed by atoms with Crippen LogP contribution in [0.15, 0.2) is 77.2 Å². The second-order valence-corrected chi connectivity index (χ2v) is 11.3. The first-order chi connectivity index (χ1) is 16.2. The van der Waals surface area contributed by atoms with Crippen LogP contribution in [0.25, 0.3) is 21.0 Å². The number of fused-ring (bicyclic) bond motifs is 7. The van der Waals surface area contributed by atoms with Gasteiger partial charge in [0.2, 0.25) is 11.8 Å². The Bertz CT molecular complexity index is 1450. The first-order valence-electron chi connectivity index (χ1n) is 11.2. The van der Waals surface area contributed by atoms with Crippen LogP contribution < -0.4 is 4.90 Å². The van der Waals surface area contributed by atoms with Crippen molar-refractivity contribution < 1.29 is 9.59 Å². The highest BCUT2D eigenvalue weighted by Gasteiger charge is 2.59. The number of rotatable bonds is 4. The predicted molar refractivity (Wildman–Crippen MR) is 133 cm³/mol. The van der Waals surface area contributed by atoms with Crippen LogP contribution >= 0.6 is 23.1 Å². The molecule has 7 rings (SSSR count). The highest BCUT2D eigenvalue weighted by Crippen LogP contribution is 2.53. The number of thioether (sulfide) groups is 1. The first-order valence-corrected chi connectivity index (χ1v) is 13.0. The van der Waals surface area contributed by atoms with Crippen molar-refractivity contribution in [3.8, 4) is 0 Å². The van der Waals surface area contributed by atoms with Gasteiger partial charge in [-0.1, -0.05) is 66.4 Å². The number of aromatic nitrogens is 1. The molecule has 4 nitrogen and oxygen atoms in total. The molecule has 2 fully saturated rings. The highest BCUT2D eigenvalue weighted by atomic mass is 32.2. The summed E-state index contributed by atoms with van der Waals surface area (Å²) in [6.45, 7) is 0. The molecule has 6 heteroatoms. The monoisotopic (exact) mass is 468 g/mol. The average Bonchev–Trinajstić information content (AvgIpc) is 3.60. The normalized spacial score (nSPS) is 25.6. The maximum absolute atomic E-state index is 13.2. The SMILES string of the molecule is O=C1[C@H]2[C@H](C(=O)N1c1ccc3nc(SCc4cccc5ccccc45)sc3c1)[C@H]1C=C[C@H]2C1. The number of imide groups is 1. The number of carbonyl (C=O) groups excluding carboxylic acids is 2. The Labute approximate surface area is 199 Å². The fraction of sp³-hybridized carbons (Fsp3) is 0.222. The van der Waals surface area contributed by atoms with Crippen molar-refractivity contribution in [2.24, 2.45) is 23.7 Å². The van der Waals surface area contributed by atoms with E-state index in [0.29, 0.717) is 5.69 Å². The number of benzene rings is 3. The van der Waals surface area contributed by atoms with Crippen LogP contribution in [0.2, 0.25) is 0 Å². The second-order valence-electron chi connectivity index (χ2n) is 9.07. The quantitative estimate of drug-likeness (QED) is 0.208. The van der Waals surface area contributed by atoms with Gasteiger partial charge in [0, 0.05) is 5.75 Å². The summed E-state index contributed by atoms with van der Waals surface area (Å²) in [6, 6.07) is 20.6. The zero-order valence-corrected chi connectivity index (χ0v) is 19.3. The summed E-state index contributed by atoms with van der Waals surface area (Å²) in [5.74, 6) is 0.896. The zero-order valence-electron chi connectivity index (χ0n) is 17.7. The zero-order chi connectivity index (χ0) is 22.1. The van der Waals surface area contributed by atoms with E-state index in [1.807, 2.05) is 18.2 Å². The third-order valence-corrected chi connectivity index (χ3v) is 9.52. The molecule has 2 bridgehead atoms. The van der Waals surface area contributed by atoms with Gasteiger partial charge in [0.25, 0.3) is 0 Å². The standard InChI is InChI=1S/C27H20N2O2S2/c30-25-23-16-8-9-17(12-16)24(23)26(31)29(25)19-10-11-21-22(13-19)33-27(28-21)32-14-18-6-3-5-15-4-1-2-7-20(15)18/h1-11,13,16-17,23-24H,12,14H2/t16-,17-,23+,24+/m0/s1. The van der Waals surface area contributed by atoms with Crippen molar-refractivity contribution in [3.05, 3.63) is 78.4 Å². The number of hydrogen-bond acceptors (Lipinski definition) is 5. The molecule has 33 heavy (non-hydrogen) atoms. The molecule has 162 valence electrons. The molecule has 1 aromatic heterocycles. The molecule has 3 aromatic carbocycles. The van der Waals surface area contributed by atoms with Crippen LogP contribution in [0, 0.1) is 23.7 Å². The minimum atomic E-state index is -0.170. The van der Waals surface area contributed by atoms with Crippen LogP contribution in [0.4, 0.5) is 5.69 Å². The van der Waals surface area contributed by atoms with Gasteiger partial charge in [-0.05, 0) is 52.8 Å². The van der Waals surface area contributed by atoms with Crippen molar-refractivity contribution in [2.45, 2.75) is 16.5 Å². The van der Waals surface area contributed by atoms with E-state index in [1.165, 1.54) is 21.2 Å². The first kappa shape index (κ1) is 19.5. The summed E-state index contributed by atoms with van der Waals surface area (Å²) in [4.78, 5) is 32.5. The topological polar surface area (TPSA) is 50.3 Å². The van der Waals surface area contributed by atoms with E-state index < -0.39 is 0 Å². The average molecular weight is 469 g/mol. The van der Waals surface area contributed by atoms with Crippen molar-refractivity contribution in [2.75, 3.05) is 4.90 Å². The molecule has 0 radical (unpaired) electrons. The van der Waals surface area contributed by atoms with E-state index in [-0.39, 0.29) is 35.5 Å². The van der Waals surface area contributed by atoms with Gasteiger partial charge in [0.15, 0.2) is 4.34 Å².